The summed E-state index contributed by atoms with van der Waals surface area (Å²) in [7, 11) is 0. The van der Waals surface area contributed by atoms with E-state index in [0.717, 1.165) is 19.5 Å². The quantitative estimate of drug-likeness (QED) is 0.848. The molecule has 3 atom stereocenters. The third-order valence-corrected chi connectivity index (χ3v) is 5.05. The number of hydrogen-bond donors (Lipinski definition) is 1. The second kappa shape index (κ2) is 7.14. The molecule has 2 fully saturated rings. The Morgan fingerprint density at radius 3 is 2.62 bits per heavy atom. The number of rotatable bonds is 1. The first-order chi connectivity index (χ1) is 11.5. The minimum atomic E-state index is -0.452. The van der Waals surface area contributed by atoms with E-state index in [1.165, 1.54) is 24.8 Å². The van der Waals surface area contributed by atoms with Gasteiger partial charge in [0.25, 0.3) is 0 Å². The van der Waals surface area contributed by atoms with Crippen LogP contribution in [0.25, 0.3) is 0 Å². The molecule has 2 saturated heterocycles. The highest BCUT2D eigenvalue weighted by Crippen LogP contribution is 2.36. The number of likely N-dealkylation sites (tertiary alicyclic amines) is 1. The van der Waals surface area contributed by atoms with Crippen molar-refractivity contribution >= 4 is 6.09 Å². The van der Waals surface area contributed by atoms with Gasteiger partial charge in [0.1, 0.15) is 5.60 Å². The van der Waals surface area contributed by atoms with Gasteiger partial charge in [0, 0.05) is 18.5 Å². The Bertz CT molecular complexity index is 553. The molecule has 1 aromatic rings. The van der Waals surface area contributed by atoms with Crippen LogP contribution in [0.4, 0.5) is 4.79 Å². The van der Waals surface area contributed by atoms with Gasteiger partial charge in [0.05, 0.1) is 6.04 Å². The van der Waals surface area contributed by atoms with Gasteiger partial charge in [-0.15, -0.1) is 0 Å². The molecule has 0 spiro atoms. The number of carbonyl (C=O) groups is 1. The largest absolute Gasteiger partial charge is 0.444 e. The van der Waals surface area contributed by atoms with Gasteiger partial charge in [-0.1, -0.05) is 43.2 Å². The zero-order chi connectivity index (χ0) is 17.2. The maximum Gasteiger partial charge on any atom is 0.410 e. The second-order valence-corrected chi connectivity index (χ2v) is 8.05. The maximum atomic E-state index is 12.8. The summed E-state index contributed by atoms with van der Waals surface area (Å²) >= 11 is 0. The lowest BCUT2D eigenvalue weighted by Gasteiger charge is -2.32. The number of hydrogen-bond acceptors (Lipinski definition) is 3. The number of nitrogens with zero attached hydrogens (tertiary/aromatic N) is 1. The first-order valence-electron chi connectivity index (χ1n) is 9.24. The third-order valence-electron chi connectivity index (χ3n) is 5.05. The molecule has 0 aliphatic carbocycles. The molecule has 132 valence electrons. The Morgan fingerprint density at radius 2 is 1.92 bits per heavy atom. The maximum absolute atomic E-state index is 12.8. The minimum Gasteiger partial charge on any atom is -0.444 e. The van der Waals surface area contributed by atoms with Crippen molar-refractivity contribution in [3.8, 4) is 0 Å². The Kier molecular flexibility index (Phi) is 5.14. The van der Waals surface area contributed by atoms with Crippen LogP contribution in [0.2, 0.25) is 0 Å². The number of amides is 1. The summed E-state index contributed by atoms with van der Waals surface area (Å²) in [5.41, 5.74) is 0.860. The van der Waals surface area contributed by atoms with Gasteiger partial charge in [-0.25, -0.2) is 4.79 Å². The fraction of sp³-hybridized carbons (Fsp3) is 0.650. The van der Waals surface area contributed by atoms with Crippen molar-refractivity contribution in [1.82, 2.24) is 10.2 Å². The van der Waals surface area contributed by atoms with Crippen LogP contribution in [0.5, 0.6) is 0 Å². The topological polar surface area (TPSA) is 41.6 Å². The fourth-order valence-electron chi connectivity index (χ4n) is 4.00. The molecule has 2 aliphatic rings. The highest BCUT2D eigenvalue weighted by molar-refractivity contribution is 5.69. The van der Waals surface area contributed by atoms with Gasteiger partial charge in [0.15, 0.2) is 0 Å². The number of ether oxygens (including phenoxy) is 1. The third kappa shape index (κ3) is 3.92. The number of benzene rings is 1. The fourth-order valence-corrected chi connectivity index (χ4v) is 4.00. The van der Waals surface area contributed by atoms with E-state index in [0.29, 0.717) is 12.0 Å². The van der Waals surface area contributed by atoms with Crippen molar-refractivity contribution in [3.63, 3.8) is 0 Å². The zero-order valence-corrected chi connectivity index (χ0v) is 15.1. The average molecular weight is 330 g/mol. The predicted molar refractivity (Wildman–Crippen MR) is 96.2 cm³/mol. The number of nitrogens with one attached hydrogen (secondary N) is 1. The van der Waals surface area contributed by atoms with Crippen molar-refractivity contribution in [3.05, 3.63) is 35.9 Å². The van der Waals surface area contributed by atoms with Crippen LogP contribution >= 0.6 is 0 Å². The predicted octanol–water partition coefficient (Wildman–Crippen LogP) is 3.92. The Hall–Kier alpha value is -1.55. The lowest BCUT2D eigenvalue weighted by atomic mass is 9.88. The Morgan fingerprint density at radius 1 is 1.17 bits per heavy atom. The molecule has 0 radical (unpaired) electrons. The van der Waals surface area contributed by atoms with Gasteiger partial charge in [0.2, 0.25) is 0 Å². The Balaban J connectivity index is 1.85. The molecule has 0 aromatic heterocycles. The van der Waals surface area contributed by atoms with Gasteiger partial charge < -0.3 is 15.0 Å². The molecule has 0 saturated carbocycles. The van der Waals surface area contributed by atoms with Crippen LogP contribution in [0.15, 0.2) is 30.3 Å². The number of fused-ring (bicyclic) bond motifs is 1. The normalized spacial score (nSPS) is 28.0. The van der Waals surface area contributed by atoms with Crippen LogP contribution in [0.1, 0.15) is 57.9 Å². The van der Waals surface area contributed by atoms with Crippen LogP contribution in [-0.4, -0.2) is 41.8 Å². The lowest BCUT2D eigenvalue weighted by molar-refractivity contribution is 0.0203. The first-order valence-corrected chi connectivity index (χ1v) is 9.24. The van der Waals surface area contributed by atoms with E-state index in [-0.39, 0.29) is 12.1 Å². The van der Waals surface area contributed by atoms with Crippen LogP contribution < -0.4 is 5.32 Å². The van der Waals surface area contributed by atoms with E-state index >= 15 is 0 Å². The van der Waals surface area contributed by atoms with Gasteiger partial charge in [-0.2, -0.15) is 0 Å². The first kappa shape index (κ1) is 17.3. The summed E-state index contributed by atoms with van der Waals surface area (Å²) in [6, 6.07) is 11.1. The van der Waals surface area contributed by atoms with Gasteiger partial charge in [-0.3, -0.25) is 0 Å². The van der Waals surface area contributed by atoms with Crippen molar-refractivity contribution in [2.45, 2.75) is 70.1 Å². The molecule has 1 amide bonds. The van der Waals surface area contributed by atoms with Crippen molar-refractivity contribution in [2.75, 3.05) is 13.1 Å². The molecule has 2 aliphatic heterocycles. The van der Waals surface area contributed by atoms with Crippen molar-refractivity contribution < 1.29 is 9.53 Å². The summed E-state index contributed by atoms with van der Waals surface area (Å²) < 4.78 is 5.69. The van der Waals surface area contributed by atoms with E-state index in [4.69, 9.17) is 4.74 Å². The smallest absolute Gasteiger partial charge is 0.410 e. The summed E-state index contributed by atoms with van der Waals surface area (Å²) in [5, 5.41) is 3.73. The molecular formula is C20H30N2O2. The standard InChI is InChI=1S/C20H30N2O2/c1-20(2,3)24-19(23)22-14-16(15-10-6-4-7-11-15)18-17(22)12-8-5-9-13-21-18/h4,6-7,10-11,16-18,21H,5,8-9,12-14H2,1-3H3/t16-,17?,18?/m0/s1. The number of carbonyl (C=O) groups excluding carboxylic acids is 1. The molecule has 1 N–H and O–H groups in total. The van der Waals surface area contributed by atoms with Gasteiger partial charge >= 0.3 is 6.09 Å². The van der Waals surface area contributed by atoms with Crippen molar-refractivity contribution in [2.24, 2.45) is 0 Å². The highest BCUT2D eigenvalue weighted by atomic mass is 16.6. The van der Waals surface area contributed by atoms with Crippen LogP contribution in [-0.2, 0) is 4.74 Å². The molecule has 2 heterocycles. The molecule has 3 rings (SSSR count). The summed E-state index contributed by atoms with van der Waals surface area (Å²) in [4.78, 5) is 14.7. The molecular weight excluding hydrogens is 300 g/mol. The molecule has 4 nitrogen and oxygen atoms in total. The average Bonchev–Trinajstić information content (AvgIpc) is 2.84. The lowest BCUT2D eigenvalue weighted by Crippen LogP contribution is -2.48. The Labute approximate surface area is 145 Å². The van der Waals surface area contributed by atoms with Crippen LogP contribution in [0, 0.1) is 0 Å². The van der Waals surface area contributed by atoms with E-state index in [2.05, 4.69) is 29.6 Å². The molecule has 24 heavy (non-hydrogen) atoms. The summed E-state index contributed by atoms with van der Waals surface area (Å²) in [6.45, 7) is 7.57. The molecule has 4 heteroatoms. The van der Waals surface area contributed by atoms with E-state index in [1.807, 2.05) is 31.7 Å². The van der Waals surface area contributed by atoms with Gasteiger partial charge in [-0.05, 0) is 45.7 Å². The highest BCUT2D eigenvalue weighted by Gasteiger charge is 2.45. The summed E-state index contributed by atoms with van der Waals surface area (Å²) in [6.07, 6.45) is 4.52. The monoisotopic (exact) mass is 330 g/mol. The van der Waals surface area contributed by atoms with E-state index < -0.39 is 5.60 Å². The molecule has 1 aromatic carbocycles. The zero-order valence-electron chi connectivity index (χ0n) is 15.1. The van der Waals surface area contributed by atoms with Crippen LogP contribution in [0.3, 0.4) is 0 Å². The van der Waals surface area contributed by atoms with E-state index in [9.17, 15) is 4.79 Å². The minimum absolute atomic E-state index is 0.168. The van der Waals surface area contributed by atoms with Crippen molar-refractivity contribution in [1.29, 1.82) is 0 Å². The second-order valence-electron chi connectivity index (χ2n) is 8.05. The molecule has 2 unspecified atom stereocenters. The van der Waals surface area contributed by atoms with E-state index in [1.54, 1.807) is 0 Å². The SMILES string of the molecule is CC(C)(C)OC(=O)N1C[C@@H](c2ccccc2)C2NCCCCCC21. The molecule has 0 bridgehead atoms. The summed E-state index contributed by atoms with van der Waals surface area (Å²) in [5.74, 6) is 0.335.